The van der Waals surface area contributed by atoms with E-state index in [1.165, 1.54) is 6.92 Å². The lowest BCUT2D eigenvalue weighted by atomic mass is 10.1. The fraction of sp³-hybridized carbons (Fsp3) is 0.111. The maximum absolute atomic E-state index is 12.0. The fourth-order valence-electron chi connectivity index (χ4n) is 2.12. The summed E-state index contributed by atoms with van der Waals surface area (Å²) in [6, 6.07) is 13.8. The van der Waals surface area contributed by atoms with Gasteiger partial charge in [-0.05, 0) is 49.4 Å². The standard InChI is InChI=1S/C18H14ClN3O3S/c1-11(23)12-5-7-15(8-6-12)20-16(24)10-26-18-22-21-17(25-18)13-3-2-4-14(19)9-13/h2-9H,10H2,1H3,(H,20,24). The van der Waals surface area contributed by atoms with Gasteiger partial charge in [0.05, 0.1) is 5.75 Å². The van der Waals surface area contributed by atoms with E-state index in [0.717, 1.165) is 11.8 Å². The third-order valence-corrected chi connectivity index (χ3v) is 4.43. The van der Waals surface area contributed by atoms with Gasteiger partial charge in [-0.3, -0.25) is 9.59 Å². The Morgan fingerprint density at radius 1 is 1.15 bits per heavy atom. The molecule has 3 rings (SSSR count). The van der Waals surface area contributed by atoms with Crippen molar-refractivity contribution in [3.8, 4) is 11.5 Å². The smallest absolute Gasteiger partial charge is 0.277 e. The van der Waals surface area contributed by atoms with Gasteiger partial charge in [0.1, 0.15) is 0 Å². The van der Waals surface area contributed by atoms with Crippen LogP contribution in [-0.4, -0.2) is 27.6 Å². The van der Waals surface area contributed by atoms with Crippen molar-refractivity contribution in [2.24, 2.45) is 0 Å². The molecule has 132 valence electrons. The first-order valence-electron chi connectivity index (χ1n) is 7.64. The van der Waals surface area contributed by atoms with Crippen molar-refractivity contribution in [1.29, 1.82) is 0 Å². The first-order valence-corrected chi connectivity index (χ1v) is 9.01. The molecule has 1 amide bonds. The molecule has 0 radical (unpaired) electrons. The number of nitrogens with zero attached hydrogens (tertiary/aromatic N) is 2. The minimum Gasteiger partial charge on any atom is -0.411 e. The van der Waals surface area contributed by atoms with Gasteiger partial charge in [0.15, 0.2) is 5.78 Å². The van der Waals surface area contributed by atoms with Gasteiger partial charge >= 0.3 is 0 Å². The van der Waals surface area contributed by atoms with Crippen LogP contribution < -0.4 is 5.32 Å². The molecule has 2 aromatic carbocycles. The van der Waals surface area contributed by atoms with Crippen LogP contribution in [0.5, 0.6) is 0 Å². The first kappa shape index (κ1) is 18.2. The van der Waals surface area contributed by atoms with E-state index in [1.807, 2.05) is 6.07 Å². The van der Waals surface area contributed by atoms with E-state index < -0.39 is 0 Å². The van der Waals surface area contributed by atoms with Crippen molar-refractivity contribution >= 4 is 40.7 Å². The van der Waals surface area contributed by atoms with Crippen molar-refractivity contribution in [3.63, 3.8) is 0 Å². The Balaban J connectivity index is 1.55. The lowest BCUT2D eigenvalue weighted by Crippen LogP contribution is -2.14. The molecular weight excluding hydrogens is 374 g/mol. The molecule has 26 heavy (non-hydrogen) atoms. The molecule has 0 aliphatic heterocycles. The van der Waals surface area contributed by atoms with Crippen molar-refractivity contribution in [2.75, 3.05) is 11.1 Å². The fourth-order valence-corrected chi connectivity index (χ4v) is 2.87. The van der Waals surface area contributed by atoms with Gasteiger partial charge in [-0.15, -0.1) is 10.2 Å². The summed E-state index contributed by atoms with van der Waals surface area (Å²) < 4.78 is 5.53. The van der Waals surface area contributed by atoms with Crippen LogP contribution in [0.4, 0.5) is 5.69 Å². The summed E-state index contributed by atoms with van der Waals surface area (Å²) in [7, 11) is 0. The number of halogens is 1. The van der Waals surface area contributed by atoms with Crippen molar-refractivity contribution in [2.45, 2.75) is 12.1 Å². The molecule has 0 bridgehead atoms. The zero-order chi connectivity index (χ0) is 18.5. The molecule has 8 heteroatoms. The number of nitrogens with one attached hydrogen (secondary N) is 1. The minimum atomic E-state index is -0.215. The van der Waals surface area contributed by atoms with Crippen LogP contribution in [0.15, 0.2) is 58.2 Å². The second-order valence-corrected chi connectivity index (χ2v) is 6.72. The van der Waals surface area contributed by atoms with Gasteiger partial charge in [0.2, 0.25) is 11.8 Å². The normalized spacial score (nSPS) is 10.5. The van der Waals surface area contributed by atoms with Gasteiger partial charge in [0.25, 0.3) is 5.22 Å². The molecule has 0 fully saturated rings. The number of hydrogen-bond acceptors (Lipinski definition) is 6. The molecule has 0 spiro atoms. The average molecular weight is 388 g/mol. The van der Waals surface area contributed by atoms with Gasteiger partial charge in [-0.25, -0.2) is 0 Å². The number of anilines is 1. The molecule has 3 aromatic rings. The minimum absolute atomic E-state index is 0.0228. The quantitative estimate of drug-likeness (QED) is 0.500. The average Bonchev–Trinajstić information content (AvgIpc) is 3.09. The Morgan fingerprint density at radius 2 is 1.92 bits per heavy atom. The van der Waals surface area contributed by atoms with E-state index in [2.05, 4.69) is 15.5 Å². The van der Waals surface area contributed by atoms with E-state index in [9.17, 15) is 9.59 Å². The summed E-state index contributed by atoms with van der Waals surface area (Å²) in [5.74, 6) is 0.222. The summed E-state index contributed by atoms with van der Waals surface area (Å²) in [5, 5.41) is 11.5. The van der Waals surface area contributed by atoms with Crippen LogP contribution in [0.2, 0.25) is 5.02 Å². The number of amides is 1. The Hall–Kier alpha value is -2.64. The van der Waals surface area contributed by atoms with E-state index in [4.69, 9.17) is 16.0 Å². The Bertz CT molecular complexity index is 941. The van der Waals surface area contributed by atoms with Crippen LogP contribution in [0.25, 0.3) is 11.5 Å². The summed E-state index contributed by atoms with van der Waals surface area (Å²) >= 11 is 7.08. The number of aromatic nitrogens is 2. The highest BCUT2D eigenvalue weighted by Gasteiger charge is 2.12. The van der Waals surface area contributed by atoms with E-state index >= 15 is 0 Å². The molecule has 0 saturated heterocycles. The molecule has 0 saturated carbocycles. The zero-order valence-corrected chi connectivity index (χ0v) is 15.3. The van der Waals surface area contributed by atoms with Gasteiger partial charge in [-0.2, -0.15) is 0 Å². The number of carbonyl (C=O) groups is 2. The molecule has 0 atom stereocenters. The van der Waals surface area contributed by atoms with Gasteiger partial charge in [-0.1, -0.05) is 29.4 Å². The van der Waals surface area contributed by atoms with Crippen LogP contribution in [0, 0.1) is 0 Å². The highest BCUT2D eigenvalue weighted by Crippen LogP contribution is 2.25. The summed E-state index contributed by atoms with van der Waals surface area (Å²) in [6.45, 7) is 1.49. The van der Waals surface area contributed by atoms with Crippen molar-refractivity contribution in [1.82, 2.24) is 10.2 Å². The van der Waals surface area contributed by atoms with Gasteiger partial charge in [0, 0.05) is 21.8 Å². The molecule has 6 nitrogen and oxygen atoms in total. The first-order chi connectivity index (χ1) is 12.5. The maximum atomic E-state index is 12.0. The topological polar surface area (TPSA) is 85.1 Å². The summed E-state index contributed by atoms with van der Waals surface area (Å²) in [4.78, 5) is 23.3. The third kappa shape index (κ3) is 4.71. The van der Waals surface area contributed by atoms with Gasteiger partial charge < -0.3 is 9.73 Å². The second kappa shape index (κ2) is 8.16. The molecular formula is C18H14ClN3O3S. The number of carbonyl (C=O) groups excluding carboxylic acids is 2. The predicted octanol–water partition coefficient (Wildman–Crippen LogP) is 4.32. The van der Waals surface area contributed by atoms with E-state index in [0.29, 0.717) is 33.0 Å². The van der Waals surface area contributed by atoms with Crippen LogP contribution in [0.3, 0.4) is 0 Å². The van der Waals surface area contributed by atoms with Crippen molar-refractivity contribution in [3.05, 3.63) is 59.1 Å². The van der Waals surface area contributed by atoms with Crippen molar-refractivity contribution < 1.29 is 14.0 Å². The lowest BCUT2D eigenvalue weighted by molar-refractivity contribution is -0.113. The third-order valence-electron chi connectivity index (χ3n) is 3.38. The summed E-state index contributed by atoms with van der Waals surface area (Å²) in [6.07, 6.45) is 0. The molecule has 1 heterocycles. The Kier molecular flexibility index (Phi) is 5.70. The molecule has 0 aliphatic rings. The number of hydrogen-bond donors (Lipinski definition) is 1. The monoisotopic (exact) mass is 387 g/mol. The Morgan fingerprint density at radius 3 is 2.62 bits per heavy atom. The van der Waals surface area contributed by atoms with Crippen LogP contribution in [0.1, 0.15) is 17.3 Å². The molecule has 1 N–H and O–H groups in total. The zero-order valence-electron chi connectivity index (χ0n) is 13.7. The largest absolute Gasteiger partial charge is 0.411 e. The SMILES string of the molecule is CC(=O)c1ccc(NC(=O)CSc2nnc(-c3cccc(Cl)c3)o2)cc1. The number of ketones is 1. The highest BCUT2D eigenvalue weighted by molar-refractivity contribution is 7.99. The maximum Gasteiger partial charge on any atom is 0.277 e. The number of rotatable bonds is 6. The lowest BCUT2D eigenvalue weighted by Gasteiger charge is -2.04. The Labute approximate surface area is 159 Å². The van der Waals surface area contributed by atoms with E-state index in [1.54, 1.807) is 42.5 Å². The van der Waals surface area contributed by atoms with Crippen LogP contribution in [-0.2, 0) is 4.79 Å². The van der Waals surface area contributed by atoms with Crippen LogP contribution >= 0.6 is 23.4 Å². The summed E-state index contributed by atoms with van der Waals surface area (Å²) in [5.41, 5.74) is 1.93. The molecule has 1 aromatic heterocycles. The molecule has 0 unspecified atom stereocenters. The molecule has 0 aliphatic carbocycles. The van der Waals surface area contributed by atoms with E-state index in [-0.39, 0.29) is 17.4 Å². The number of benzene rings is 2. The number of Topliss-reactive ketones (excluding diaryl/α,β-unsaturated/α-hetero) is 1. The second-order valence-electron chi connectivity index (χ2n) is 5.35. The predicted molar refractivity (Wildman–Crippen MR) is 101 cm³/mol. The number of thioether (sulfide) groups is 1. The highest BCUT2D eigenvalue weighted by atomic mass is 35.5.